The standard InChI is InChI=1S/C15H16N2O2S/c16-10-2-1-3-13-14(10)17-15(20-13)9-4-5-11-12(8-9)19-7-6-18-11/h4-5,8,10H,1-3,6-7,16H2. The molecule has 0 bridgehead atoms. The van der Waals surface area contributed by atoms with Crippen LogP contribution in [0.1, 0.15) is 29.5 Å². The Morgan fingerprint density at radius 2 is 2.05 bits per heavy atom. The van der Waals surface area contributed by atoms with Gasteiger partial charge in [-0.2, -0.15) is 0 Å². The van der Waals surface area contributed by atoms with Gasteiger partial charge in [0.2, 0.25) is 0 Å². The van der Waals surface area contributed by atoms with Crippen molar-refractivity contribution in [3.8, 4) is 22.1 Å². The SMILES string of the molecule is NC1CCCc2sc(-c3ccc4c(c3)OCCO4)nc21. The Morgan fingerprint density at radius 1 is 1.20 bits per heavy atom. The predicted molar refractivity (Wildman–Crippen MR) is 78.4 cm³/mol. The molecule has 0 radical (unpaired) electrons. The second kappa shape index (κ2) is 4.75. The normalized spacial score (nSPS) is 20.6. The van der Waals surface area contributed by atoms with Crippen LogP contribution in [0, 0.1) is 0 Å². The highest BCUT2D eigenvalue weighted by Gasteiger charge is 2.23. The Balaban J connectivity index is 1.74. The highest BCUT2D eigenvalue weighted by molar-refractivity contribution is 7.15. The van der Waals surface area contributed by atoms with Crippen LogP contribution in [-0.2, 0) is 6.42 Å². The van der Waals surface area contributed by atoms with Crippen LogP contribution < -0.4 is 15.2 Å². The van der Waals surface area contributed by atoms with Crippen molar-refractivity contribution in [2.24, 2.45) is 5.73 Å². The van der Waals surface area contributed by atoms with Gasteiger partial charge in [-0.1, -0.05) is 0 Å². The van der Waals surface area contributed by atoms with E-state index in [1.807, 2.05) is 18.2 Å². The van der Waals surface area contributed by atoms with Gasteiger partial charge in [-0.25, -0.2) is 4.98 Å². The number of ether oxygens (including phenoxy) is 2. The lowest BCUT2D eigenvalue weighted by Gasteiger charge is -2.18. The van der Waals surface area contributed by atoms with Crippen LogP contribution in [0.2, 0.25) is 0 Å². The van der Waals surface area contributed by atoms with Gasteiger partial charge in [0.05, 0.1) is 5.69 Å². The number of benzene rings is 1. The maximum absolute atomic E-state index is 6.15. The summed E-state index contributed by atoms with van der Waals surface area (Å²) in [6.45, 7) is 1.22. The van der Waals surface area contributed by atoms with Crippen molar-refractivity contribution in [3.05, 3.63) is 28.8 Å². The Bertz CT molecular complexity index is 653. The molecule has 1 aliphatic carbocycles. The molecular weight excluding hydrogens is 272 g/mol. The number of hydrogen-bond donors (Lipinski definition) is 1. The molecular formula is C15H16N2O2S. The van der Waals surface area contributed by atoms with Gasteiger partial charge in [0, 0.05) is 16.5 Å². The smallest absolute Gasteiger partial charge is 0.162 e. The average Bonchev–Trinajstić information content (AvgIpc) is 2.92. The van der Waals surface area contributed by atoms with Crippen LogP contribution in [0.15, 0.2) is 18.2 Å². The second-order valence-corrected chi connectivity index (χ2v) is 6.27. The van der Waals surface area contributed by atoms with E-state index in [2.05, 4.69) is 0 Å². The lowest BCUT2D eigenvalue weighted by atomic mass is 9.99. The molecule has 1 unspecified atom stereocenters. The molecule has 2 aromatic rings. The number of hydrogen-bond acceptors (Lipinski definition) is 5. The minimum Gasteiger partial charge on any atom is -0.486 e. The minimum atomic E-state index is 0.0981. The van der Waals surface area contributed by atoms with E-state index in [9.17, 15) is 0 Å². The fraction of sp³-hybridized carbons (Fsp3) is 0.400. The lowest BCUT2D eigenvalue weighted by Crippen LogP contribution is -2.16. The van der Waals surface area contributed by atoms with Crippen molar-refractivity contribution in [2.75, 3.05) is 13.2 Å². The lowest BCUT2D eigenvalue weighted by molar-refractivity contribution is 0.171. The molecule has 1 atom stereocenters. The summed E-state index contributed by atoms with van der Waals surface area (Å²) in [4.78, 5) is 6.09. The van der Waals surface area contributed by atoms with Crippen LogP contribution in [0.3, 0.4) is 0 Å². The van der Waals surface area contributed by atoms with Crippen LogP contribution in [0.5, 0.6) is 11.5 Å². The molecule has 2 N–H and O–H groups in total. The van der Waals surface area contributed by atoms with E-state index in [1.54, 1.807) is 11.3 Å². The van der Waals surface area contributed by atoms with Crippen LogP contribution in [0.4, 0.5) is 0 Å². The van der Waals surface area contributed by atoms with Gasteiger partial charge in [-0.3, -0.25) is 0 Å². The summed E-state index contributed by atoms with van der Waals surface area (Å²) in [5.74, 6) is 1.63. The molecule has 1 aromatic carbocycles. The summed E-state index contributed by atoms with van der Waals surface area (Å²) in [6, 6.07) is 6.12. The van der Waals surface area contributed by atoms with Crippen molar-refractivity contribution in [1.82, 2.24) is 4.98 Å². The third-order valence-corrected chi connectivity index (χ3v) is 4.97. The van der Waals surface area contributed by atoms with Crippen molar-refractivity contribution >= 4 is 11.3 Å². The van der Waals surface area contributed by atoms with Gasteiger partial charge in [0.15, 0.2) is 11.5 Å². The quantitative estimate of drug-likeness (QED) is 0.876. The Kier molecular flexibility index (Phi) is 2.89. The molecule has 0 spiro atoms. The van der Waals surface area contributed by atoms with Crippen molar-refractivity contribution in [2.45, 2.75) is 25.3 Å². The molecule has 104 valence electrons. The van der Waals surface area contributed by atoms with Gasteiger partial charge < -0.3 is 15.2 Å². The molecule has 0 fully saturated rings. The zero-order chi connectivity index (χ0) is 13.5. The first kappa shape index (κ1) is 12.2. The summed E-state index contributed by atoms with van der Waals surface area (Å²) < 4.78 is 11.2. The molecule has 2 aliphatic rings. The van der Waals surface area contributed by atoms with Crippen LogP contribution in [-0.4, -0.2) is 18.2 Å². The first-order valence-corrected chi connectivity index (χ1v) is 7.78. The molecule has 0 saturated carbocycles. The van der Waals surface area contributed by atoms with Gasteiger partial charge >= 0.3 is 0 Å². The largest absolute Gasteiger partial charge is 0.486 e. The van der Waals surface area contributed by atoms with E-state index >= 15 is 0 Å². The molecule has 0 amide bonds. The van der Waals surface area contributed by atoms with Gasteiger partial charge in [-0.15, -0.1) is 11.3 Å². The van der Waals surface area contributed by atoms with Crippen molar-refractivity contribution in [3.63, 3.8) is 0 Å². The maximum Gasteiger partial charge on any atom is 0.162 e. The number of nitrogens with two attached hydrogens (primary N) is 1. The van der Waals surface area contributed by atoms with E-state index in [1.165, 1.54) is 4.88 Å². The third-order valence-electron chi connectivity index (χ3n) is 3.79. The summed E-state index contributed by atoms with van der Waals surface area (Å²) in [5.41, 5.74) is 8.32. The summed E-state index contributed by atoms with van der Waals surface area (Å²) in [5, 5.41) is 1.03. The predicted octanol–water partition coefficient (Wildman–Crippen LogP) is 2.92. The molecule has 2 heterocycles. The van der Waals surface area contributed by atoms with Crippen molar-refractivity contribution < 1.29 is 9.47 Å². The molecule has 20 heavy (non-hydrogen) atoms. The Morgan fingerprint density at radius 3 is 2.90 bits per heavy atom. The highest BCUT2D eigenvalue weighted by atomic mass is 32.1. The molecule has 1 aromatic heterocycles. The van der Waals surface area contributed by atoms with E-state index in [-0.39, 0.29) is 6.04 Å². The molecule has 4 rings (SSSR count). The van der Waals surface area contributed by atoms with E-state index < -0.39 is 0 Å². The average molecular weight is 288 g/mol. The van der Waals surface area contributed by atoms with E-state index in [0.29, 0.717) is 13.2 Å². The van der Waals surface area contributed by atoms with Gasteiger partial charge in [0.1, 0.15) is 18.2 Å². The molecule has 0 saturated heterocycles. The Hall–Kier alpha value is -1.59. The summed E-state index contributed by atoms with van der Waals surface area (Å²) >= 11 is 1.76. The van der Waals surface area contributed by atoms with E-state index in [4.69, 9.17) is 20.2 Å². The number of aryl methyl sites for hydroxylation is 1. The number of fused-ring (bicyclic) bond motifs is 2. The zero-order valence-electron chi connectivity index (χ0n) is 11.1. The van der Waals surface area contributed by atoms with Crippen LogP contribution >= 0.6 is 11.3 Å². The Labute approximate surface area is 121 Å². The molecule has 5 heteroatoms. The number of rotatable bonds is 1. The van der Waals surface area contributed by atoms with Crippen molar-refractivity contribution in [1.29, 1.82) is 0 Å². The fourth-order valence-electron chi connectivity index (χ4n) is 2.75. The molecule has 1 aliphatic heterocycles. The number of thiazole rings is 1. The highest BCUT2D eigenvalue weighted by Crippen LogP contribution is 2.39. The minimum absolute atomic E-state index is 0.0981. The van der Waals surface area contributed by atoms with Gasteiger partial charge in [-0.05, 0) is 37.5 Å². The molecule has 4 nitrogen and oxygen atoms in total. The van der Waals surface area contributed by atoms with Crippen LogP contribution in [0.25, 0.3) is 10.6 Å². The summed E-state index contributed by atoms with van der Waals surface area (Å²) in [6.07, 6.45) is 3.31. The first-order chi connectivity index (χ1) is 9.81. The maximum atomic E-state index is 6.15. The number of aromatic nitrogens is 1. The van der Waals surface area contributed by atoms with E-state index in [0.717, 1.165) is 47.0 Å². The first-order valence-electron chi connectivity index (χ1n) is 6.96. The second-order valence-electron chi connectivity index (χ2n) is 5.18. The fourth-order valence-corrected chi connectivity index (χ4v) is 3.92. The summed E-state index contributed by atoms with van der Waals surface area (Å²) in [7, 11) is 0. The topological polar surface area (TPSA) is 57.4 Å². The monoisotopic (exact) mass is 288 g/mol. The number of nitrogens with zero attached hydrogens (tertiary/aromatic N) is 1. The zero-order valence-corrected chi connectivity index (χ0v) is 11.9. The van der Waals surface area contributed by atoms with Gasteiger partial charge in [0.25, 0.3) is 0 Å². The third kappa shape index (κ3) is 1.98.